The van der Waals surface area contributed by atoms with E-state index >= 15 is 0 Å². The van der Waals surface area contributed by atoms with Crippen LogP contribution in [0.15, 0.2) is 28.0 Å². The topological polar surface area (TPSA) is 125 Å². The highest BCUT2D eigenvalue weighted by Crippen LogP contribution is 2.45. The van der Waals surface area contributed by atoms with E-state index in [2.05, 4.69) is 15.0 Å². The number of aryl methyl sites for hydroxylation is 1. The van der Waals surface area contributed by atoms with E-state index in [9.17, 15) is 21.6 Å². The number of sulfone groups is 1. The highest BCUT2D eigenvalue weighted by molar-refractivity contribution is 7.90. The number of amides is 1. The van der Waals surface area contributed by atoms with Crippen LogP contribution in [0.3, 0.4) is 0 Å². The first-order valence-corrected chi connectivity index (χ1v) is 12.0. The lowest BCUT2D eigenvalue weighted by Gasteiger charge is -2.07. The molecule has 1 amide bonds. The number of benzene rings is 1. The third kappa shape index (κ3) is 2.71. The summed E-state index contributed by atoms with van der Waals surface area (Å²) >= 11 is 0. The Kier molecular flexibility index (Phi) is 4.07. The predicted octanol–water partition coefficient (Wildman–Crippen LogP) is 1.44. The molecular weight excluding hydrogens is 402 g/mol. The minimum absolute atomic E-state index is 0.0565. The van der Waals surface area contributed by atoms with Crippen LogP contribution in [-0.4, -0.2) is 41.0 Å². The Bertz CT molecular complexity index is 1280. The molecule has 0 saturated carbocycles. The van der Waals surface area contributed by atoms with Crippen molar-refractivity contribution < 1.29 is 21.6 Å². The summed E-state index contributed by atoms with van der Waals surface area (Å²) in [4.78, 5) is 16.1. The molecular formula is C18H19N3O5S2. The molecule has 3 N–H and O–H groups in total. The van der Waals surface area contributed by atoms with Crippen molar-refractivity contribution in [3.63, 3.8) is 0 Å². The minimum Gasteiger partial charge on any atom is -0.358 e. The van der Waals surface area contributed by atoms with Crippen molar-refractivity contribution in [1.29, 1.82) is 0 Å². The second kappa shape index (κ2) is 6.03. The molecule has 148 valence electrons. The summed E-state index contributed by atoms with van der Waals surface area (Å²) < 4.78 is 50.9. The SMILES string of the molecule is CNS(=O)(=O)c1ccc2c(c1)/C(=C1\CCc3c1[nH]c(C)c3S(C)(=O)=O)C(=O)N2. The van der Waals surface area contributed by atoms with Crippen LogP contribution in [-0.2, 0) is 31.1 Å². The van der Waals surface area contributed by atoms with E-state index in [0.717, 1.165) is 0 Å². The normalized spacial score (nSPS) is 18.9. The summed E-state index contributed by atoms with van der Waals surface area (Å²) in [5.74, 6) is -0.329. The zero-order chi connectivity index (χ0) is 20.4. The van der Waals surface area contributed by atoms with Crippen LogP contribution in [0.25, 0.3) is 11.1 Å². The molecule has 1 aromatic heterocycles. The van der Waals surface area contributed by atoms with E-state index in [-0.39, 0.29) is 15.7 Å². The number of sulfonamides is 1. The quantitative estimate of drug-likeness (QED) is 0.647. The summed E-state index contributed by atoms with van der Waals surface area (Å²) in [7, 11) is -5.75. The molecule has 1 aliphatic heterocycles. The number of anilines is 1. The van der Waals surface area contributed by atoms with Crippen molar-refractivity contribution in [1.82, 2.24) is 9.71 Å². The Morgan fingerprint density at radius 1 is 1.11 bits per heavy atom. The van der Waals surface area contributed by atoms with Gasteiger partial charge in [0.05, 0.1) is 15.4 Å². The monoisotopic (exact) mass is 421 g/mol. The maximum absolute atomic E-state index is 12.7. The van der Waals surface area contributed by atoms with Crippen LogP contribution in [0, 0.1) is 6.92 Å². The second-order valence-electron chi connectivity index (χ2n) is 6.93. The van der Waals surface area contributed by atoms with E-state index in [1.807, 2.05) is 0 Å². The van der Waals surface area contributed by atoms with Crippen molar-refractivity contribution in [2.75, 3.05) is 18.6 Å². The molecule has 2 aliphatic rings. The predicted molar refractivity (Wildman–Crippen MR) is 105 cm³/mol. The number of rotatable bonds is 3. The first kappa shape index (κ1) is 18.9. The van der Waals surface area contributed by atoms with Gasteiger partial charge in [0.2, 0.25) is 10.0 Å². The van der Waals surface area contributed by atoms with Crippen LogP contribution in [0.4, 0.5) is 5.69 Å². The van der Waals surface area contributed by atoms with Gasteiger partial charge in [-0.1, -0.05) is 0 Å². The lowest BCUT2D eigenvalue weighted by Crippen LogP contribution is -2.18. The van der Waals surface area contributed by atoms with Gasteiger partial charge < -0.3 is 10.3 Å². The number of allylic oxidation sites excluding steroid dienone is 1. The first-order valence-electron chi connectivity index (χ1n) is 8.59. The maximum atomic E-state index is 12.7. The molecule has 1 aliphatic carbocycles. The Hall–Kier alpha value is -2.43. The number of fused-ring (bicyclic) bond motifs is 2. The van der Waals surface area contributed by atoms with E-state index in [4.69, 9.17) is 0 Å². The molecule has 0 fully saturated rings. The van der Waals surface area contributed by atoms with Crippen molar-refractivity contribution in [2.45, 2.75) is 29.6 Å². The molecule has 0 radical (unpaired) electrons. The van der Waals surface area contributed by atoms with Gasteiger partial charge in [0.1, 0.15) is 0 Å². The fourth-order valence-corrected chi connectivity index (χ4v) is 6.03. The first-order chi connectivity index (χ1) is 13.0. The molecule has 2 aromatic rings. The number of carbonyl (C=O) groups excluding carboxylic acids is 1. The summed E-state index contributed by atoms with van der Waals surface area (Å²) in [6.07, 6.45) is 2.16. The molecule has 28 heavy (non-hydrogen) atoms. The van der Waals surface area contributed by atoms with E-state index < -0.39 is 19.9 Å². The van der Waals surface area contributed by atoms with Gasteiger partial charge in [0.15, 0.2) is 9.84 Å². The van der Waals surface area contributed by atoms with Crippen LogP contribution in [0.5, 0.6) is 0 Å². The van der Waals surface area contributed by atoms with Crippen LogP contribution in [0.2, 0.25) is 0 Å². The third-order valence-corrected chi connectivity index (χ3v) is 7.85. The summed E-state index contributed by atoms with van der Waals surface area (Å²) in [5, 5.41) is 2.76. The zero-order valence-corrected chi connectivity index (χ0v) is 17.1. The summed E-state index contributed by atoms with van der Waals surface area (Å²) in [6.45, 7) is 1.69. The van der Waals surface area contributed by atoms with Gasteiger partial charge in [-0.25, -0.2) is 21.6 Å². The fraction of sp³-hybridized carbons (Fsp3) is 0.278. The van der Waals surface area contributed by atoms with Crippen LogP contribution in [0.1, 0.15) is 28.9 Å². The maximum Gasteiger partial charge on any atom is 0.256 e. The average molecular weight is 422 g/mol. The minimum atomic E-state index is -3.67. The average Bonchev–Trinajstić information content (AvgIpc) is 3.23. The van der Waals surface area contributed by atoms with E-state index in [0.29, 0.717) is 52.2 Å². The Labute approximate surface area is 163 Å². The molecule has 0 spiro atoms. The fourth-order valence-electron chi connectivity index (χ4n) is 4.01. The molecule has 1 aromatic carbocycles. The van der Waals surface area contributed by atoms with Crippen molar-refractivity contribution >= 4 is 42.6 Å². The Morgan fingerprint density at radius 2 is 1.82 bits per heavy atom. The largest absolute Gasteiger partial charge is 0.358 e. The summed E-state index contributed by atoms with van der Waals surface area (Å²) in [5.41, 5.74) is 3.96. The number of hydrogen-bond donors (Lipinski definition) is 3. The molecule has 0 atom stereocenters. The van der Waals surface area contributed by atoms with Crippen molar-refractivity contribution in [2.24, 2.45) is 0 Å². The number of hydrogen-bond acceptors (Lipinski definition) is 5. The highest BCUT2D eigenvalue weighted by Gasteiger charge is 2.35. The Morgan fingerprint density at radius 3 is 2.46 bits per heavy atom. The van der Waals surface area contributed by atoms with Gasteiger partial charge >= 0.3 is 0 Å². The second-order valence-corrected chi connectivity index (χ2v) is 10.8. The van der Waals surface area contributed by atoms with Gasteiger partial charge in [0, 0.05) is 28.9 Å². The zero-order valence-electron chi connectivity index (χ0n) is 15.5. The number of aromatic nitrogens is 1. The standard InChI is InChI=1S/C18H19N3O5S2/c1-9-17(27(3,23)24)12-6-5-11(16(12)20-9)15-13-8-10(28(25,26)19-2)4-7-14(13)21-18(15)22/h4,7-8,19-20H,5-6H2,1-3H3,(H,21,22)/b15-11-. The molecule has 0 bridgehead atoms. The molecule has 10 heteroatoms. The molecule has 0 unspecified atom stereocenters. The lowest BCUT2D eigenvalue weighted by molar-refractivity contribution is -0.110. The van der Waals surface area contributed by atoms with Crippen LogP contribution >= 0.6 is 0 Å². The van der Waals surface area contributed by atoms with Gasteiger partial charge in [0.25, 0.3) is 5.91 Å². The van der Waals surface area contributed by atoms with Crippen LogP contribution < -0.4 is 10.0 Å². The molecule has 8 nitrogen and oxygen atoms in total. The highest BCUT2D eigenvalue weighted by atomic mass is 32.2. The van der Waals surface area contributed by atoms with Gasteiger partial charge in [-0.2, -0.15) is 0 Å². The molecule has 4 rings (SSSR count). The smallest absolute Gasteiger partial charge is 0.256 e. The Balaban J connectivity index is 1.96. The van der Waals surface area contributed by atoms with E-state index in [1.54, 1.807) is 13.0 Å². The van der Waals surface area contributed by atoms with Gasteiger partial charge in [-0.15, -0.1) is 0 Å². The third-order valence-electron chi connectivity index (χ3n) is 5.14. The number of nitrogens with one attached hydrogen (secondary N) is 3. The number of aromatic amines is 1. The molecule has 2 heterocycles. The molecule has 0 saturated heterocycles. The number of H-pyrrole nitrogens is 1. The van der Waals surface area contributed by atoms with E-state index in [1.165, 1.54) is 25.4 Å². The van der Waals surface area contributed by atoms with Gasteiger partial charge in [-0.3, -0.25) is 4.79 Å². The number of carbonyl (C=O) groups is 1. The summed E-state index contributed by atoms with van der Waals surface area (Å²) in [6, 6.07) is 4.45. The van der Waals surface area contributed by atoms with Crippen molar-refractivity contribution in [3.8, 4) is 0 Å². The lowest BCUT2D eigenvalue weighted by atomic mass is 9.99. The van der Waals surface area contributed by atoms with Gasteiger partial charge in [-0.05, 0) is 56.1 Å². The van der Waals surface area contributed by atoms with Crippen molar-refractivity contribution in [3.05, 3.63) is 40.7 Å².